The van der Waals surface area contributed by atoms with Crippen LogP contribution in [0.4, 0.5) is 17.2 Å². The molecule has 2 rings (SSSR count). The molecule has 0 bridgehead atoms. The van der Waals surface area contributed by atoms with Gasteiger partial charge in [0.1, 0.15) is 5.82 Å². The van der Waals surface area contributed by atoms with Gasteiger partial charge in [0.15, 0.2) is 0 Å². The van der Waals surface area contributed by atoms with Crippen molar-refractivity contribution in [3.8, 4) is 0 Å². The molecule has 1 aromatic carbocycles. The lowest BCUT2D eigenvalue weighted by Crippen LogP contribution is -2.09. The second-order valence-electron chi connectivity index (χ2n) is 4.30. The number of hydrogen-bond acceptors (Lipinski definition) is 4. The molecular weight excluding hydrogens is 262 g/mol. The van der Waals surface area contributed by atoms with Crippen LogP contribution in [-0.2, 0) is 10.0 Å². The molecule has 0 aliphatic carbocycles. The van der Waals surface area contributed by atoms with E-state index in [1.54, 1.807) is 12.1 Å². The Labute approximate surface area is 112 Å². The third-order valence-electron chi connectivity index (χ3n) is 2.39. The van der Waals surface area contributed by atoms with Crippen LogP contribution in [0.25, 0.3) is 0 Å². The van der Waals surface area contributed by atoms with Crippen LogP contribution in [0.2, 0.25) is 0 Å². The molecule has 5 nitrogen and oxygen atoms in total. The fourth-order valence-corrected chi connectivity index (χ4v) is 2.08. The highest BCUT2D eigenvalue weighted by molar-refractivity contribution is 7.92. The van der Waals surface area contributed by atoms with Crippen molar-refractivity contribution < 1.29 is 8.42 Å². The average Bonchev–Trinajstić information content (AvgIpc) is 2.33. The Hall–Kier alpha value is -2.08. The molecule has 19 heavy (non-hydrogen) atoms. The largest absolute Gasteiger partial charge is 0.340 e. The van der Waals surface area contributed by atoms with Crippen molar-refractivity contribution in [3.63, 3.8) is 0 Å². The third-order valence-corrected chi connectivity index (χ3v) is 3.00. The maximum Gasteiger partial charge on any atom is 0.229 e. The summed E-state index contributed by atoms with van der Waals surface area (Å²) in [6.45, 7) is 2.02. The lowest BCUT2D eigenvalue weighted by atomic mass is 10.2. The number of nitrogens with one attached hydrogen (secondary N) is 2. The normalized spacial score (nSPS) is 11.1. The SMILES string of the molecule is Cc1ccc(Nc2ccc(NS(C)(=O)=O)cn2)cc1. The van der Waals surface area contributed by atoms with Gasteiger partial charge in [-0.15, -0.1) is 0 Å². The molecule has 1 aromatic heterocycles. The summed E-state index contributed by atoms with van der Waals surface area (Å²) in [6, 6.07) is 11.3. The minimum Gasteiger partial charge on any atom is -0.340 e. The van der Waals surface area contributed by atoms with E-state index in [1.807, 2.05) is 31.2 Å². The zero-order valence-corrected chi connectivity index (χ0v) is 11.5. The third kappa shape index (κ3) is 4.26. The average molecular weight is 277 g/mol. The summed E-state index contributed by atoms with van der Waals surface area (Å²) in [4.78, 5) is 4.14. The molecule has 0 spiro atoms. The molecule has 0 amide bonds. The van der Waals surface area contributed by atoms with Gasteiger partial charge >= 0.3 is 0 Å². The number of pyridine rings is 1. The lowest BCUT2D eigenvalue weighted by molar-refractivity contribution is 0.607. The van der Waals surface area contributed by atoms with Gasteiger partial charge in [-0.1, -0.05) is 17.7 Å². The Balaban J connectivity index is 2.08. The summed E-state index contributed by atoms with van der Waals surface area (Å²) < 4.78 is 24.5. The number of nitrogens with zero attached hydrogens (tertiary/aromatic N) is 1. The molecular formula is C13H15N3O2S. The van der Waals surface area contributed by atoms with E-state index in [4.69, 9.17) is 0 Å². The Morgan fingerprint density at radius 3 is 2.16 bits per heavy atom. The number of aryl methyl sites for hydroxylation is 1. The van der Waals surface area contributed by atoms with Crippen LogP contribution in [0, 0.1) is 6.92 Å². The minimum atomic E-state index is -3.26. The first-order chi connectivity index (χ1) is 8.92. The summed E-state index contributed by atoms with van der Waals surface area (Å²) >= 11 is 0. The standard InChI is InChI=1S/C13H15N3O2S/c1-10-3-5-11(6-4-10)15-13-8-7-12(9-14-13)16-19(2,17)18/h3-9,16H,1-2H3,(H,14,15). The molecule has 0 aliphatic heterocycles. The predicted molar refractivity (Wildman–Crippen MR) is 77.2 cm³/mol. The Kier molecular flexibility index (Phi) is 3.71. The molecule has 0 unspecified atom stereocenters. The Morgan fingerprint density at radius 2 is 1.63 bits per heavy atom. The van der Waals surface area contributed by atoms with Crippen LogP contribution >= 0.6 is 0 Å². The van der Waals surface area contributed by atoms with Crippen molar-refractivity contribution in [3.05, 3.63) is 48.2 Å². The second kappa shape index (κ2) is 5.27. The fraction of sp³-hybridized carbons (Fsp3) is 0.154. The zero-order chi connectivity index (χ0) is 13.9. The van der Waals surface area contributed by atoms with Crippen LogP contribution in [0.15, 0.2) is 42.6 Å². The van der Waals surface area contributed by atoms with E-state index in [9.17, 15) is 8.42 Å². The number of benzene rings is 1. The van der Waals surface area contributed by atoms with Crippen molar-refractivity contribution >= 4 is 27.2 Å². The quantitative estimate of drug-likeness (QED) is 0.900. The maximum atomic E-state index is 11.1. The van der Waals surface area contributed by atoms with E-state index in [-0.39, 0.29) is 0 Å². The van der Waals surface area contributed by atoms with E-state index in [0.717, 1.165) is 11.9 Å². The van der Waals surface area contributed by atoms with Gasteiger partial charge in [0.2, 0.25) is 10.0 Å². The van der Waals surface area contributed by atoms with Gasteiger partial charge in [0.05, 0.1) is 18.1 Å². The maximum absolute atomic E-state index is 11.1. The molecule has 6 heteroatoms. The second-order valence-corrected chi connectivity index (χ2v) is 6.05. The number of anilines is 3. The van der Waals surface area contributed by atoms with Crippen molar-refractivity contribution in [2.45, 2.75) is 6.92 Å². The molecule has 0 fully saturated rings. The van der Waals surface area contributed by atoms with Gasteiger partial charge in [0, 0.05) is 5.69 Å². The van der Waals surface area contributed by atoms with Crippen molar-refractivity contribution in [2.24, 2.45) is 0 Å². The van der Waals surface area contributed by atoms with Gasteiger partial charge in [0.25, 0.3) is 0 Å². The topological polar surface area (TPSA) is 71.1 Å². The number of hydrogen-bond donors (Lipinski definition) is 2. The van der Waals surface area contributed by atoms with Crippen LogP contribution in [0.3, 0.4) is 0 Å². The van der Waals surface area contributed by atoms with Gasteiger partial charge in [-0.2, -0.15) is 0 Å². The molecule has 2 N–H and O–H groups in total. The molecule has 0 atom stereocenters. The fourth-order valence-electron chi connectivity index (χ4n) is 1.53. The molecule has 2 aromatic rings. The smallest absolute Gasteiger partial charge is 0.229 e. The highest BCUT2D eigenvalue weighted by atomic mass is 32.2. The lowest BCUT2D eigenvalue weighted by Gasteiger charge is -2.07. The van der Waals surface area contributed by atoms with Gasteiger partial charge in [-0.05, 0) is 31.2 Å². The van der Waals surface area contributed by atoms with Gasteiger partial charge in [-0.25, -0.2) is 13.4 Å². The summed E-state index contributed by atoms with van der Waals surface area (Å²) in [7, 11) is -3.26. The van der Waals surface area contributed by atoms with Crippen molar-refractivity contribution in [2.75, 3.05) is 16.3 Å². The van der Waals surface area contributed by atoms with Gasteiger partial charge in [-0.3, -0.25) is 4.72 Å². The molecule has 1 heterocycles. The summed E-state index contributed by atoms with van der Waals surface area (Å²) in [6.07, 6.45) is 2.57. The van der Waals surface area contributed by atoms with E-state index in [2.05, 4.69) is 15.0 Å². The summed E-state index contributed by atoms with van der Waals surface area (Å²) in [5, 5.41) is 3.13. The van der Waals surface area contributed by atoms with Crippen molar-refractivity contribution in [1.82, 2.24) is 4.98 Å². The molecule has 0 aliphatic rings. The Morgan fingerprint density at radius 1 is 1.00 bits per heavy atom. The first-order valence-electron chi connectivity index (χ1n) is 5.70. The number of sulfonamides is 1. The zero-order valence-electron chi connectivity index (χ0n) is 10.7. The summed E-state index contributed by atoms with van der Waals surface area (Å²) in [5.41, 5.74) is 2.56. The predicted octanol–water partition coefficient (Wildman–Crippen LogP) is 2.51. The first-order valence-corrected chi connectivity index (χ1v) is 7.59. The van der Waals surface area contributed by atoms with E-state index >= 15 is 0 Å². The number of rotatable bonds is 4. The van der Waals surface area contributed by atoms with E-state index in [1.165, 1.54) is 11.8 Å². The van der Waals surface area contributed by atoms with Crippen LogP contribution in [-0.4, -0.2) is 19.7 Å². The van der Waals surface area contributed by atoms with Crippen LogP contribution < -0.4 is 10.0 Å². The van der Waals surface area contributed by atoms with Crippen LogP contribution in [0.1, 0.15) is 5.56 Å². The highest BCUT2D eigenvalue weighted by Gasteiger charge is 2.02. The summed E-state index contributed by atoms with van der Waals surface area (Å²) in [5.74, 6) is 0.655. The van der Waals surface area contributed by atoms with Crippen LogP contribution in [0.5, 0.6) is 0 Å². The molecule has 0 saturated heterocycles. The van der Waals surface area contributed by atoms with E-state index in [0.29, 0.717) is 11.5 Å². The van der Waals surface area contributed by atoms with E-state index < -0.39 is 10.0 Å². The van der Waals surface area contributed by atoms with Crippen molar-refractivity contribution in [1.29, 1.82) is 0 Å². The highest BCUT2D eigenvalue weighted by Crippen LogP contribution is 2.16. The Bertz CT molecular complexity index is 649. The molecule has 0 saturated carbocycles. The monoisotopic (exact) mass is 277 g/mol. The number of aromatic nitrogens is 1. The first kappa shape index (κ1) is 13.4. The molecule has 0 radical (unpaired) electrons. The van der Waals surface area contributed by atoms with Gasteiger partial charge < -0.3 is 5.32 Å². The molecule has 100 valence electrons. The minimum absolute atomic E-state index is 0.442.